The first-order chi connectivity index (χ1) is 26.6. The molecule has 8 rings (SSSR count). The maximum Gasteiger partial charge on any atom is 0.328 e. The number of aryl methyl sites for hydroxylation is 4. The van der Waals surface area contributed by atoms with E-state index in [0.29, 0.717) is 69.7 Å². The van der Waals surface area contributed by atoms with Crippen LogP contribution in [0, 0.1) is 0 Å². The van der Waals surface area contributed by atoms with Gasteiger partial charge in [0.05, 0.1) is 36.8 Å². The van der Waals surface area contributed by atoms with Gasteiger partial charge in [0.2, 0.25) is 17.7 Å². The highest BCUT2D eigenvalue weighted by molar-refractivity contribution is 5.94. The highest BCUT2D eigenvalue weighted by atomic mass is 35.5. The number of carbonyl (C=O) groups is 4. The zero-order valence-electron chi connectivity index (χ0n) is 31.1. The van der Waals surface area contributed by atoms with E-state index in [4.69, 9.17) is 14.6 Å². The van der Waals surface area contributed by atoms with Crippen molar-refractivity contribution < 1.29 is 33.8 Å². The Morgan fingerprint density at radius 3 is 1.73 bits per heavy atom. The second-order valence-corrected chi connectivity index (χ2v) is 13.4. The molecule has 0 unspecified atom stereocenters. The first-order valence-corrected chi connectivity index (χ1v) is 17.9. The van der Waals surface area contributed by atoms with Crippen molar-refractivity contribution in [2.24, 2.45) is 14.1 Å². The van der Waals surface area contributed by atoms with Gasteiger partial charge in [-0.2, -0.15) is 10.2 Å². The van der Waals surface area contributed by atoms with Gasteiger partial charge < -0.3 is 35.4 Å². The normalized spacial score (nSPS) is 16.1. The Morgan fingerprint density at radius 2 is 1.29 bits per heavy atom. The molecule has 17 nitrogen and oxygen atoms in total. The number of carboxylic acid groups (broad SMARTS) is 1. The van der Waals surface area contributed by atoms with Crippen LogP contribution in [-0.2, 0) is 68.8 Å². The van der Waals surface area contributed by atoms with E-state index >= 15 is 0 Å². The van der Waals surface area contributed by atoms with Crippen molar-refractivity contribution in [2.45, 2.75) is 51.1 Å². The number of nitrogens with one attached hydrogen (secondary N) is 3. The highest BCUT2D eigenvalue weighted by Gasteiger charge is 2.30. The molecule has 4 aliphatic heterocycles. The summed E-state index contributed by atoms with van der Waals surface area (Å²) in [5, 5.41) is 25.5. The van der Waals surface area contributed by atoms with Gasteiger partial charge in [0.25, 0.3) is 0 Å². The third-order valence-corrected chi connectivity index (χ3v) is 8.95. The summed E-state index contributed by atoms with van der Waals surface area (Å²) < 4.78 is 14.8. The topological polar surface area (TPSA) is 208 Å². The van der Waals surface area contributed by atoms with Crippen molar-refractivity contribution in [2.75, 3.05) is 36.8 Å². The molecule has 18 heteroatoms. The molecule has 0 spiro atoms. The minimum atomic E-state index is -0.994. The molecule has 2 saturated heterocycles. The molecule has 0 aliphatic carbocycles. The Morgan fingerprint density at radius 1 is 0.786 bits per heavy atom. The van der Waals surface area contributed by atoms with E-state index in [9.17, 15) is 19.2 Å². The average molecular weight is 789 g/mol. The number of anilines is 2. The summed E-state index contributed by atoms with van der Waals surface area (Å²) in [5.74, 6) is 0.110. The molecule has 4 aromatic rings. The number of carboxylic acids is 1. The summed E-state index contributed by atoms with van der Waals surface area (Å²) in [6.45, 7) is 4.22. The van der Waals surface area contributed by atoms with E-state index < -0.39 is 5.97 Å². The van der Waals surface area contributed by atoms with Crippen LogP contribution in [0.15, 0.2) is 61.2 Å². The maximum atomic E-state index is 12.2. The molecule has 0 bridgehead atoms. The molecule has 56 heavy (non-hydrogen) atoms. The van der Waals surface area contributed by atoms with Crippen molar-refractivity contribution in [1.82, 2.24) is 39.7 Å². The number of amides is 3. The fraction of sp³-hybridized carbons (Fsp3) is 0.368. The molecule has 296 valence electrons. The maximum absolute atomic E-state index is 12.2. The van der Waals surface area contributed by atoms with Gasteiger partial charge in [-0.1, -0.05) is 0 Å². The zero-order chi connectivity index (χ0) is 38.7. The third kappa shape index (κ3) is 12.1. The number of hydrogen-bond acceptors (Lipinski definition) is 11. The van der Waals surface area contributed by atoms with Crippen molar-refractivity contribution in [1.29, 1.82) is 0 Å². The first-order valence-electron chi connectivity index (χ1n) is 17.9. The van der Waals surface area contributed by atoms with Crippen LogP contribution in [0.1, 0.15) is 46.5 Å². The van der Waals surface area contributed by atoms with Crippen LogP contribution < -0.4 is 16.0 Å². The summed E-state index contributed by atoms with van der Waals surface area (Å²) in [4.78, 5) is 55.1. The third-order valence-electron chi connectivity index (χ3n) is 8.95. The molecule has 0 saturated carbocycles. The highest BCUT2D eigenvalue weighted by Crippen LogP contribution is 2.23. The lowest BCUT2D eigenvalue weighted by atomic mass is 10.0. The van der Waals surface area contributed by atoms with Crippen molar-refractivity contribution in [3.63, 3.8) is 0 Å². The minimum Gasteiger partial charge on any atom is -0.478 e. The van der Waals surface area contributed by atoms with E-state index in [1.165, 1.54) is 12.3 Å². The van der Waals surface area contributed by atoms with E-state index in [1.807, 2.05) is 50.8 Å². The molecule has 4 N–H and O–H groups in total. The SMILES string of the molecule is Cl.Cn1ccc(COC2CN(C(=O)/C=C/c3cnc4c(c3)CCC(=O)N4)C2)n1.Cn1ccc(COC2CNC2)n1.O=C(O)/C=C/c1cnc2c(c1)CCC(=O)N2. The molecular formula is C38H45ClN10O7. The minimum absolute atomic E-state index is 0. The number of rotatable bonds is 10. The molecule has 0 radical (unpaired) electrons. The predicted octanol–water partition coefficient (Wildman–Crippen LogP) is 2.54. The Balaban J connectivity index is 0.000000175. The van der Waals surface area contributed by atoms with Crippen LogP contribution in [0.3, 0.4) is 0 Å². The van der Waals surface area contributed by atoms with Crippen LogP contribution >= 0.6 is 12.4 Å². The largest absolute Gasteiger partial charge is 0.478 e. The fourth-order valence-corrected chi connectivity index (χ4v) is 5.76. The Labute approximate surface area is 329 Å². The molecule has 8 heterocycles. The molecule has 0 atom stereocenters. The zero-order valence-corrected chi connectivity index (χ0v) is 31.9. The first kappa shape index (κ1) is 41.4. The van der Waals surface area contributed by atoms with Gasteiger partial charge in [-0.25, -0.2) is 14.8 Å². The number of ether oxygens (including phenoxy) is 2. The second-order valence-electron chi connectivity index (χ2n) is 13.4. The Bertz CT molecular complexity index is 2070. The van der Waals surface area contributed by atoms with Gasteiger partial charge in [0.1, 0.15) is 11.6 Å². The lowest BCUT2D eigenvalue weighted by Crippen LogP contribution is -2.54. The summed E-state index contributed by atoms with van der Waals surface area (Å²) in [6.07, 6.45) is 15.5. The summed E-state index contributed by atoms with van der Waals surface area (Å²) >= 11 is 0. The lowest BCUT2D eigenvalue weighted by molar-refractivity contribution is -0.140. The van der Waals surface area contributed by atoms with Crippen molar-refractivity contribution in [3.8, 4) is 0 Å². The molecule has 4 aliphatic rings. The quantitative estimate of drug-likeness (QED) is 0.171. The van der Waals surface area contributed by atoms with Crippen LogP contribution in [-0.4, -0.2) is 102 Å². The fourth-order valence-electron chi connectivity index (χ4n) is 5.76. The van der Waals surface area contributed by atoms with Crippen molar-refractivity contribution >= 4 is 59.9 Å². The standard InChI is InChI=1S/C19H21N5O3.C11H10N2O3.C8H13N3O.ClH/c1-23-7-6-15(22-23)12-27-16-10-24(11-16)18(26)5-2-13-8-14-3-4-17(25)21-19(14)20-9-13;14-9-3-2-8-5-7(1-4-10(15)16)6-12-11(8)13-9;1-11-3-2-7(10-11)6-12-8-4-9-5-8;/h2,5-9,16H,3-4,10-12H2,1H3,(H,20,21,25);1,4-6H,2-3H2,(H,15,16)(H,12,13,14);2-3,8-9H,4-6H2,1H3;1H/b5-2+;4-1+;;. The van der Waals surface area contributed by atoms with Crippen molar-refractivity contribution in [3.05, 3.63) is 94.8 Å². The van der Waals surface area contributed by atoms with Gasteiger partial charge >= 0.3 is 5.97 Å². The summed E-state index contributed by atoms with van der Waals surface area (Å²) in [6, 6.07) is 7.69. The average Bonchev–Trinajstić information content (AvgIpc) is 3.75. The number of aromatic nitrogens is 6. The van der Waals surface area contributed by atoms with E-state index in [0.717, 1.165) is 52.8 Å². The monoisotopic (exact) mass is 788 g/mol. The van der Waals surface area contributed by atoms with Gasteiger partial charge in [-0.3, -0.25) is 23.7 Å². The number of fused-ring (bicyclic) bond motifs is 2. The van der Waals surface area contributed by atoms with Crippen LogP contribution in [0.5, 0.6) is 0 Å². The van der Waals surface area contributed by atoms with Crippen LogP contribution in [0.2, 0.25) is 0 Å². The number of hydrogen-bond donors (Lipinski definition) is 4. The van der Waals surface area contributed by atoms with Crippen LogP contribution in [0.4, 0.5) is 11.6 Å². The van der Waals surface area contributed by atoms with E-state index in [1.54, 1.807) is 32.6 Å². The summed E-state index contributed by atoms with van der Waals surface area (Å²) in [7, 11) is 3.78. The molecule has 3 amide bonds. The van der Waals surface area contributed by atoms with Gasteiger partial charge in [0, 0.05) is 90.1 Å². The number of nitrogens with zero attached hydrogens (tertiary/aromatic N) is 7. The molecule has 4 aromatic heterocycles. The number of carbonyl (C=O) groups excluding carboxylic acids is 3. The van der Waals surface area contributed by atoms with Gasteiger partial charge in [0.15, 0.2) is 0 Å². The summed E-state index contributed by atoms with van der Waals surface area (Å²) in [5.41, 5.74) is 5.39. The lowest BCUT2D eigenvalue weighted by Gasteiger charge is -2.38. The molecular weight excluding hydrogens is 744 g/mol. The smallest absolute Gasteiger partial charge is 0.328 e. The Hall–Kier alpha value is -5.75. The number of pyridine rings is 2. The van der Waals surface area contributed by atoms with Gasteiger partial charge in [-0.15, -0.1) is 12.4 Å². The van der Waals surface area contributed by atoms with Crippen LogP contribution in [0.25, 0.3) is 12.2 Å². The Kier molecular flexibility index (Phi) is 14.6. The second kappa shape index (κ2) is 19.7. The molecule has 2 fully saturated rings. The van der Waals surface area contributed by atoms with E-state index in [-0.39, 0.29) is 36.2 Å². The number of likely N-dealkylation sites (tertiary alicyclic amines) is 1. The van der Waals surface area contributed by atoms with E-state index in [2.05, 4.69) is 36.1 Å². The molecule has 0 aromatic carbocycles. The number of aliphatic carboxylic acids is 1. The predicted molar refractivity (Wildman–Crippen MR) is 208 cm³/mol. The van der Waals surface area contributed by atoms with Gasteiger partial charge in [-0.05, 0) is 71.5 Å². The number of halogens is 1.